The number of rotatable bonds is 5. The lowest BCUT2D eigenvalue weighted by Crippen LogP contribution is -2.28. The van der Waals surface area contributed by atoms with Gasteiger partial charge in [-0.1, -0.05) is 6.07 Å². The molecule has 2 aliphatic rings. The predicted molar refractivity (Wildman–Crippen MR) is 108 cm³/mol. The second kappa shape index (κ2) is 7.34. The van der Waals surface area contributed by atoms with Crippen LogP contribution in [0.2, 0.25) is 0 Å². The van der Waals surface area contributed by atoms with E-state index in [1.54, 1.807) is 47.4 Å². The number of hydrogen-bond acceptors (Lipinski definition) is 3. The lowest BCUT2D eigenvalue weighted by atomic mass is 10.1. The van der Waals surface area contributed by atoms with Crippen molar-refractivity contribution in [3.63, 3.8) is 0 Å². The van der Waals surface area contributed by atoms with Gasteiger partial charge in [-0.25, -0.2) is 4.79 Å². The van der Waals surface area contributed by atoms with Crippen molar-refractivity contribution in [2.75, 3.05) is 28.6 Å². The quantitative estimate of drug-likeness (QED) is 0.747. The van der Waals surface area contributed by atoms with Crippen LogP contribution in [0.25, 0.3) is 0 Å². The zero-order valence-electron chi connectivity index (χ0n) is 15.6. The molecule has 1 saturated heterocycles. The number of carbonyl (C=O) groups excluding carboxylic acids is 3. The van der Waals surface area contributed by atoms with E-state index in [0.717, 1.165) is 24.1 Å². The van der Waals surface area contributed by atoms with Crippen molar-refractivity contribution in [1.29, 1.82) is 0 Å². The number of aryl methyl sites for hydroxylation is 1. The van der Waals surface area contributed by atoms with Gasteiger partial charge in [0.05, 0.1) is 0 Å². The van der Waals surface area contributed by atoms with Crippen molar-refractivity contribution >= 4 is 34.9 Å². The fourth-order valence-corrected chi connectivity index (χ4v) is 3.27. The number of carbonyl (C=O) groups is 3. The van der Waals surface area contributed by atoms with Crippen LogP contribution < -0.4 is 20.9 Å². The normalized spacial score (nSPS) is 15.9. The number of anilines is 3. The van der Waals surface area contributed by atoms with Crippen LogP contribution in [0, 0.1) is 12.8 Å². The first-order chi connectivity index (χ1) is 13.5. The van der Waals surface area contributed by atoms with E-state index in [2.05, 4.69) is 16.0 Å². The first-order valence-electron chi connectivity index (χ1n) is 9.39. The number of nitrogens with one attached hydrogen (secondary N) is 3. The molecule has 0 spiro atoms. The van der Waals surface area contributed by atoms with E-state index in [1.807, 2.05) is 6.92 Å². The van der Waals surface area contributed by atoms with Crippen LogP contribution in [0.1, 0.15) is 28.8 Å². The summed E-state index contributed by atoms with van der Waals surface area (Å²) in [4.78, 5) is 38.0. The summed E-state index contributed by atoms with van der Waals surface area (Å²) < 4.78 is 0. The summed E-state index contributed by atoms with van der Waals surface area (Å²) in [7, 11) is 0. The Morgan fingerprint density at radius 2 is 1.82 bits per heavy atom. The molecule has 2 fully saturated rings. The largest absolute Gasteiger partial charge is 0.336 e. The Labute approximate surface area is 163 Å². The van der Waals surface area contributed by atoms with Crippen molar-refractivity contribution in [2.24, 2.45) is 5.92 Å². The highest BCUT2D eigenvalue weighted by Crippen LogP contribution is 2.30. The third-order valence-corrected chi connectivity index (χ3v) is 4.94. The van der Waals surface area contributed by atoms with E-state index in [4.69, 9.17) is 0 Å². The van der Waals surface area contributed by atoms with E-state index in [-0.39, 0.29) is 23.8 Å². The Balaban J connectivity index is 1.45. The van der Waals surface area contributed by atoms with E-state index in [0.29, 0.717) is 30.0 Å². The molecule has 4 rings (SSSR count). The Bertz CT molecular complexity index is 952. The molecule has 4 amide bonds. The molecule has 2 aromatic rings. The number of urea groups is 1. The summed E-state index contributed by atoms with van der Waals surface area (Å²) in [6.07, 6.45) is 1.88. The van der Waals surface area contributed by atoms with Gasteiger partial charge in [-0.3, -0.25) is 14.5 Å². The van der Waals surface area contributed by atoms with Gasteiger partial charge in [0.15, 0.2) is 0 Å². The van der Waals surface area contributed by atoms with Gasteiger partial charge in [-0.05, 0) is 61.7 Å². The zero-order chi connectivity index (χ0) is 19.7. The molecule has 1 heterocycles. The average Bonchev–Trinajstić information content (AvgIpc) is 3.44. The van der Waals surface area contributed by atoms with Gasteiger partial charge in [0.25, 0.3) is 5.91 Å². The van der Waals surface area contributed by atoms with Crippen LogP contribution in [-0.2, 0) is 4.79 Å². The van der Waals surface area contributed by atoms with Gasteiger partial charge >= 0.3 is 6.03 Å². The van der Waals surface area contributed by atoms with E-state index >= 15 is 0 Å². The van der Waals surface area contributed by atoms with Crippen molar-refractivity contribution < 1.29 is 14.4 Å². The first-order valence-corrected chi connectivity index (χ1v) is 9.39. The number of amides is 4. The van der Waals surface area contributed by atoms with Crippen molar-refractivity contribution in [2.45, 2.75) is 19.8 Å². The molecule has 1 saturated carbocycles. The summed E-state index contributed by atoms with van der Waals surface area (Å²) in [6.45, 7) is 3.12. The Morgan fingerprint density at radius 3 is 2.46 bits per heavy atom. The molecule has 1 aliphatic heterocycles. The van der Waals surface area contributed by atoms with Crippen LogP contribution in [0.4, 0.5) is 21.9 Å². The second-order valence-electron chi connectivity index (χ2n) is 7.18. The smallest absolute Gasteiger partial charge is 0.322 e. The second-order valence-corrected chi connectivity index (χ2v) is 7.18. The van der Waals surface area contributed by atoms with Crippen LogP contribution in [0.3, 0.4) is 0 Å². The Morgan fingerprint density at radius 1 is 1.07 bits per heavy atom. The number of hydrogen-bond donors (Lipinski definition) is 3. The molecule has 1 aliphatic carbocycles. The van der Waals surface area contributed by atoms with Crippen LogP contribution >= 0.6 is 0 Å². The Kier molecular flexibility index (Phi) is 4.73. The van der Waals surface area contributed by atoms with E-state index < -0.39 is 0 Å². The van der Waals surface area contributed by atoms with E-state index in [9.17, 15) is 14.4 Å². The molecule has 0 aromatic heterocycles. The molecule has 7 heteroatoms. The van der Waals surface area contributed by atoms with Crippen LogP contribution in [0.15, 0.2) is 42.5 Å². The SMILES string of the molecule is Cc1cc(C(=O)Nc2cccc(NC(=O)C3CC3)c2)ccc1N1CCNC1=O. The lowest BCUT2D eigenvalue weighted by Gasteiger charge is -2.17. The fourth-order valence-electron chi connectivity index (χ4n) is 3.27. The molecule has 28 heavy (non-hydrogen) atoms. The molecule has 0 atom stereocenters. The maximum absolute atomic E-state index is 12.6. The van der Waals surface area contributed by atoms with Crippen molar-refractivity contribution in [1.82, 2.24) is 5.32 Å². The molecular formula is C21H22N4O3. The molecule has 0 bridgehead atoms. The van der Waals surface area contributed by atoms with Crippen molar-refractivity contribution in [3.8, 4) is 0 Å². The minimum Gasteiger partial charge on any atom is -0.336 e. The summed E-state index contributed by atoms with van der Waals surface area (Å²) in [5.74, 6) is -0.0933. The van der Waals surface area contributed by atoms with Gasteiger partial charge < -0.3 is 16.0 Å². The third kappa shape index (κ3) is 3.83. The zero-order valence-corrected chi connectivity index (χ0v) is 15.6. The standard InChI is InChI=1S/C21H22N4O3/c1-13-11-15(7-8-18(13)25-10-9-22-21(25)28)20(27)24-17-4-2-3-16(12-17)23-19(26)14-5-6-14/h2-4,7-8,11-12,14H,5-6,9-10H2,1H3,(H,22,28)(H,23,26)(H,24,27). The predicted octanol–water partition coefficient (Wildman–Crippen LogP) is 3.13. The highest BCUT2D eigenvalue weighted by atomic mass is 16.2. The number of benzene rings is 2. The Hall–Kier alpha value is -3.35. The average molecular weight is 378 g/mol. The maximum Gasteiger partial charge on any atom is 0.322 e. The number of nitrogens with zero attached hydrogens (tertiary/aromatic N) is 1. The monoisotopic (exact) mass is 378 g/mol. The maximum atomic E-state index is 12.6. The van der Waals surface area contributed by atoms with Gasteiger partial charge in [-0.15, -0.1) is 0 Å². The molecule has 0 radical (unpaired) electrons. The summed E-state index contributed by atoms with van der Waals surface area (Å²) in [6, 6.07) is 12.3. The molecule has 2 aromatic carbocycles. The fraction of sp³-hybridized carbons (Fsp3) is 0.286. The highest BCUT2D eigenvalue weighted by Gasteiger charge is 2.29. The minimum atomic E-state index is -0.244. The molecular weight excluding hydrogens is 356 g/mol. The lowest BCUT2D eigenvalue weighted by molar-refractivity contribution is -0.117. The third-order valence-electron chi connectivity index (χ3n) is 4.94. The van der Waals surface area contributed by atoms with Gasteiger partial charge in [0, 0.05) is 41.6 Å². The molecule has 0 unspecified atom stereocenters. The minimum absolute atomic E-state index is 0.0284. The summed E-state index contributed by atoms with van der Waals surface area (Å²) in [5.41, 5.74) is 3.44. The van der Waals surface area contributed by atoms with E-state index in [1.165, 1.54) is 0 Å². The molecule has 144 valence electrons. The van der Waals surface area contributed by atoms with Gasteiger partial charge in [0.1, 0.15) is 0 Å². The van der Waals surface area contributed by atoms with Crippen LogP contribution in [-0.4, -0.2) is 30.9 Å². The van der Waals surface area contributed by atoms with Crippen LogP contribution in [0.5, 0.6) is 0 Å². The topological polar surface area (TPSA) is 90.5 Å². The molecule has 3 N–H and O–H groups in total. The van der Waals surface area contributed by atoms with Gasteiger partial charge in [0.2, 0.25) is 5.91 Å². The van der Waals surface area contributed by atoms with Crippen molar-refractivity contribution in [3.05, 3.63) is 53.6 Å². The first kappa shape index (κ1) is 18.0. The summed E-state index contributed by atoms with van der Waals surface area (Å²) >= 11 is 0. The van der Waals surface area contributed by atoms with Gasteiger partial charge in [-0.2, -0.15) is 0 Å². The highest BCUT2D eigenvalue weighted by molar-refractivity contribution is 6.05. The molecule has 7 nitrogen and oxygen atoms in total. The summed E-state index contributed by atoms with van der Waals surface area (Å²) in [5, 5.41) is 8.51.